The first-order valence-electron chi connectivity index (χ1n) is 6.69. The van der Waals surface area contributed by atoms with Crippen LogP contribution in [0.15, 0.2) is 23.8 Å². The van der Waals surface area contributed by atoms with Crippen molar-refractivity contribution in [3.05, 3.63) is 23.8 Å². The molecule has 0 bridgehead atoms. The van der Waals surface area contributed by atoms with Crippen LogP contribution in [0.1, 0.15) is 19.8 Å². The van der Waals surface area contributed by atoms with Crippen molar-refractivity contribution >= 4 is 11.7 Å². The summed E-state index contributed by atoms with van der Waals surface area (Å²) in [6, 6.07) is 0.319. The van der Waals surface area contributed by atoms with Crippen molar-refractivity contribution in [1.82, 2.24) is 10.2 Å². The van der Waals surface area contributed by atoms with Gasteiger partial charge in [0, 0.05) is 24.1 Å². The molecule has 4 heteroatoms. The molecule has 3 atom stereocenters. The molecule has 2 saturated heterocycles. The summed E-state index contributed by atoms with van der Waals surface area (Å²) in [5.41, 5.74) is 0.696. The van der Waals surface area contributed by atoms with Crippen molar-refractivity contribution in [2.45, 2.75) is 31.8 Å². The molecule has 3 aliphatic rings. The number of nitrogens with one attached hydrogen (secondary N) is 1. The molecule has 1 aliphatic carbocycles. The molecular formula is C14H18N2O2. The Labute approximate surface area is 107 Å². The second kappa shape index (κ2) is 4.35. The average molecular weight is 246 g/mol. The summed E-state index contributed by atoms with van der Waals surface area (Å²) in [5, 5.41) is 3.46. The van der Waals surface area contributed by atoms with Gasteiger partial charge in [0.25, 0.3) is 5.91 Å². The van der Waals surface area contributed by atoms with E-state index in [-0.39, 0.29) is 17.7 Å². The van der Waals surface area contributed by atoms with E-state index in [1.165, 1.54) is 0 Å². The second-order valence-corrected chi connectivity index (χ2v) is 5.29. The molecule has 2 aliphatic heterocycles. The maximum absolute atomic E-state index is 12.0. The number of carbonyl (C=O) groups excluding carboxylic acids is 2. The fourth-order valence-electron chi connectivity index (χ4n) is 3.27. The highest BCUT2D eigenvalue weighted by Crippen LogP contribution is 2.37. The molecule has 3 unspecified atom stereocenters. The van der Waals surface area contributed by atoms with Gasteiger partial charge in [-0.1, -0.05) is 25.2 Å². The molecule has 0 radical (unpaired) electrons. The minimum absolute atomic E-state index is 0.00896. The first kappa shape index (κ1) is 11.7. The van der Waals surface area contributed by atoms with Crippen LogP contribution >= 0.6 is 0 Å². The number of hydrogen-bond donors (Lipinski definition) is 1. The first-order valence-corrected chi connectivity index (χ1v) is 6.69. The third kappa shape index (κ3) is 1.63. The normalized spacial score (nSPS) is 33.7. The Morgan fingerprint density at radius 2 is 2.28 bits per heavy atom. The number of Topliss-reactive ketones (excluding diaryl/α,β-unsaturated/α-hetero) is 1. The van der Waals surface area contributed by atoms with Gasteiger partial charge in [0.15, 0.2) is 0 Å². The molecule has 0 saturated carbocycles. The molecule has 0 spiro atoms. The van der Waals surface area contributed by atoms with E-state index in [4.69, 9.17) is 0 Å². The number of hydrogen-bond acceptors (Lipinski definition) is 3. The van der Waals surface area contributed by atoms with Gasteiger partial charge < -0.3 is 10.2 Å². The lowest BCUT2D eigenvalue weighted by molar-refractivity contribution is -0.140. The van der Waals surface area contributed by atoms with Gasteiger partial charge in [-0.05, 0) is 19.4 Å². The molecule has 3 rings (SSSR count). The van der Waals surface area contributed by atoms with Gasteiger partial charge in [0.1, 0.15) is 0 Å². The second-order valence-electron chi connectivity index (χ2n) is 5.29. The van der Waals surface area contributed by atoms with Gasteiger partial charge in [-0.2, -0.15) is 0 Å². The zero-order valence-electron chi connectivity index (χ0n) is 10.6. The van der Waals surface area contributed by atoms with Crippen LogP contribution in [0.4, 0.5) is 0 Å². The van der Waals surface area contributed by atoms with Crippen LogP contribution in [0.2, 0.25) is 0 Å². The molecule has 2 heterocycles. The van der Waals surface area contributed by atoms with E-state index in [2.05, 4.69) is 18.3 Å². The zero-order valence-corrected chi connectivity index (χ0v) is 10.6. The summed E-state index contributed by atoms with van der Waals surface area (Å²) in [6.45, 7) is 3.76. The van der Waals surface area contributed by atoms with Crippen molar-refractivity contribution < 1.29 is 9.59 Å². The number of ketones is 1. The van der Waals surface area contributed by atoms with Crippen LogP contribution < -0.4 is 5.32 Å². The number of rotatable bonds is 3. The number of nitrogens with zero attached hydrogens (tertiary/aromatic N) is 1. The summed E-state index contributed by atoms with van der Waals surface area (Å²) < 4.78 is 0. The third-order valence-corrected chi connectivity index (χ3v) is 4.07. The van der Waals surface area contributed by atoms with Crippen LogP contribution in [0, 0.1) is 5.92 Å². The molecule has 96 valence electrons. The number of amides is 1. The summed E-state index contributed by atoms with van der Waals surface area (Å²) in [4.78, 5) is 25.6. The lowest BCUT2D eigenvalue weighted by atomic mass is 9.81. The van der Waals surface area contributed by atoms with Crippen LogP contribution in [0.25, 0.3) is 0 Å². The molecule has 0 aromatic rings. The van der Waals surface area contributed by atoms with Crippen LogP contribution in [-0.2, 0) is 9.59 Å². The molecule has 4 nitrogen and oxygen atoms in total. The predicted molar refractivity (Wildman–Crippen MR) is 67.9 cm³/mol. The van der Waals surface area contributed by atoms with Crippen LogP contribution in [0.3, 0.4) is 0 Å². The summed E-state index contributed by atoms with van der Waals surface area (Å²) >= 11 is 0. The SMILES string of the molecule is CCCNC1CC2C=CC=C3C(=O)C(=O)N(C1)C32. The standard InChI is InChI=1S/C14H18N2O2/c1-2-6-15-10-7-9-4-3-5-11-12(9)16(8-10)14(18)13(11)17/h3-5,9-10,12,15H,2,6-8H2,1H3. The molecule has 1 N–H and O–H groups in total. The average Bonchev–Trinajstić information content (AvgIpc) is 2.64. The van der Waals surface area contributed by atoms with E-state index in [0.717, 1.165) is 19.4 Å². The summed E-state index contributed by atoms with van der Waals surface area (Å²) in [7, 11) is 0. The van der Waals surface area contributed by atoms with Gasteiger partial charge in [-0.25, -0.2) is 0 Å². The van der Waals surface area contributed by atoms with Crippen molar-refractivity contribution in [3.63, 3.8) is 0 Å². The maximum Gasteiger partial charge on any atom is 0.295 e. The largest absolute Gasteiger partial charge is 0.326 e. The lowest BCUT2D eigenvalue weighted by Crippen LogP contribution is -2.53. The number of piperidine rings is 1. The van der Waals surface area contributed by atoms with E-state index in [0.29, 0.717) is 24.1 Å². The zero-order chi connectivity index (χ0) is 12.7. The van der Waals surface area contributed by atoms with Crippen molar-refractivity contribution in [2.75, 3.05) is 13.1 Å². The van der Waals surface area contributed by atoms with Gasteiger partial charge in [0.2, 0.25) is 5.78 Å². The molecule has 0 aromatic heterocycles. The summed E-state index contributed by atoms with van der Waals surface area (Å²) in [5.74, 6) is -0.322. The Kier molecular flexibility index (Phi) is 2.82. The lowest BCUT2D eigenvalue weighted by Gasteiger charge is -2.40. The maximum atomic E-state index is 12.0. The van der Waals surface area contributed by atoms with Crippen molar-refractivity contribution in [3.8, 4) is 0 Å². The van der Waals surface area contributed by atoms with Crippen LogP contribution in [-0.4, -0.2) is 41.8 Å². The van der Waals surface area contributed by atoms with E-state index >= 15 is 0 Å². The van der Waals surface area contributed by atoms with Gasteiger partial charge in [-0.3, -0.25) is 9.59 Å². The highest BCUT2D eigenvalue weighted by atomic mass is 16.2. The third-order valence-electron chi connectivity index (χ3n) is 4.07. The fraction of sp³-hybridized carbons (Fsp3) is 0.571. The number of carbonyl (C=O) groups is 2. The first-order chi connectivity index (χ1) is 8.72. The fourth-order valence-corrected chi connectivity index (χ4v) is 3.27. The quantitative estimate of drug-likeness (QED) is 0.744. The van der Waals surface area contributed by atoms with Crippen LogP contribution in [0.5, 0.6) is 0 Å². The highest BCUT2D eigenvalue weighted by molar-refractivity contribution is 6.45. The molecule has 2 fully saturated rings. The van der Waals surface area contributed by atoms with E-state index in [1.54, 1.807) is 11.0 Å². The highest BCUT2D eigenvalue weighted by Gasteiger charge is 2.50. The predicted octanol–water partition coefficient (Wildman–Crippen LogP) is 0.651. The van der Waals surface area contributed by atoms with Crippen molar-refractivity contribution in [2.24, 2.45) is 5.92 Å². The summed E-state index contributed by atoms with van der Waals surface area (Å²) in [6.07, 6.45) is 7.95. The Balaban J connectivity index is 1.84. The molecule has 1 amide bonds. The Bertz CT molecular complexity index is 453. The molecular weight excluding hydrogens is 228 g/mol. The van der Waals surface area contributed by atoms with Gasteiger partial charge >= 0.3 is 0 Å². The minimum Gasteiger partial charge on any atom is -0.326 e. The topological polar surface area (TPSA) is 49.4 Å². The monoisotopic (exact) mass is 246 g/mol. The van der Waals surface area contributed by atoms with E-state index < -0.39 is 0 Å². The Morgan fingerprint density at radius 1 is 1.44 bits per heavy atom. The van der Waals surface area contributed by atoms with Crippen molar-refractivity contribution in [1.29, 1.82) is 0 Å². The van der Waals surface area contributed by atoms with Gasteiger partial charge in [-0.15, -0.1) is 0 Å². The molecule has 18 heavy (non-hydrogen) atoms. The number of allylic oxidation sites excluding steroid dienone is 2. The molecule has 0 aromatic carbocycles. The Hall–Kier alpha value is -1.42. The van der Waals surface area contributed by atoms with Gasteiger partial charge in [0.05, 0.1) is 6.04 Å². The minimum atomic E-state index is -0.317. The van der Waals surface area contributed by atoms with E-state index in [1.807, 2.05) is 6.08 Å². The Morgan fingerprint density at radius 3 is 3.06 bits per heavy atom. The van der Waals surface area contributed by atoms with E-state index in [9.17, 15) is 9.59 Å². The smallest absolute Gasteiger partial charge is 0.295 e.